The van der Waals surface area contributed by atoms with Crippen molar-refractivity contribution in [3.8, 4) is 5.75 Å². The standard InChI is InChI=1S/C26H33N3O4/c1-2-3-4-5-6-7-11-14-24(30)27-20-25(31)29-28-19-21-15-17-23(18-16-21)33-26(32)22-12-9-8-10-13-22/h8-10,12-13,15-19H,2-7,11,14,20H2,1H3,(H,27,30)(H,29,31). The summed E-state index contributed by atoms with van der Waals surface area (Å²) in [6.45, 7) is 2.08. The second-order valence-electron chi connectivity index (χ2n) is 7.77. The van der Waals surface area contributed by atoms with E-state index in [0.717, 1.165) is 24.8 Å². The molecule has 33 heavy (non-hydrogen) atoms. The number of nitrogens with one attached hydrogen (secondary N) is 2. The van der Waals surface area contributed by atoms with E-state index in [2.05, 4.69) is 22.8 Å². The molecule has 0 saturated carbocycles. The van der Waals surface area contributed by atoms with Gasteiger partial charge in [-0.05, 0) is 48.4 Å². The minimum absolute atomic E-state index is 0.110. The van der Waals surface area contributed by atoms with Crippen molar-refractivity contribution in [2.24, 2.45) is 5.10 Å². The number of hydrogen-bond acceptors (Lipinski definition) is 5. The van der Waals surface area contributed by atoms with Crippen LogP contribution in [0.4, 0.5) is 0 Å². The van der Waals surface area contributed by atoms with Gasteiger partial charge in [0.1, 0.15) is 5.75 Å². The van der Waals surface area contributed by atoms with Crippen molar-refractivity contribution in [1.29, 1.82) is 0 Å². The van der Waals surface area contributed by atoms with Gasteiger partial charge in [0.05, 0.1) is 18.3 Å². The first-order valence-electron chi connectivity index (χ1n) is 11.5. The zero-order valence-electron chi connectivity index (χ0n) is 19.2. The molecule has 176 valence electrons. The molecule has 7 heteroatoms. The van der Waals surface area contributed by atoms with Gasteiger partial charge >= 0.3 is 5.97 Å². The van der Waals surface area contributed by atoms with Crippen LogP contribution in [0.3, 0.4) is 0 Å². The molecule has 0 heterocycles. The number of amides is 2. The van der Waals surface area contributed by atoms with E-state index >= 15 is 0 Å². The fraction of sp³-hybridized carbons (Fsp3) is 0.385. The summed E-state index contributed by atoms with van der Waals surface area (Å²) in [5.74, 6) is -0.539. The number of benzene rings is 2. The minimum Gasteiger partial charge on any atom is -0.423 e. The Morgan fingerprint density at radius 1 is 0.848 bits per heavy atom. The zero-order valence-corrected chi connectivity index (χ0v) is 19.2. The van der Waals surface area contributed by atoms with Gasteiger partial charge in [-0.15, -0.1) is 0 Å². The average Bonchev–Trinajstić information content (AvgIpc) is 2.84. The third kappa shape index (κ3) is 11.1. The third-order valence-electron chi connectivity index (χ3n) is 4.96. The number of hydrazone groups is 1. The van der Waals surface area contributed by atoms with Crippen LogP contribution in [-0.2, 0) is 9.59 Å². The SMILES string of the molecule is CCCCCCCCCC(=O)NCC(=O)NN=Cc1ccc(OC(=O)c2ccccc2)cc1. The molecule has 0 aliphatic carbocycles. The van der Waals surface area contributed by atoms with Crippen molar-refractivity contribution < 1.29 is 19.1 Å². The lowest BCUT2D eigenvalue weighted by atomic mass is 10.1. The third-order valence-corrected chi connectivity index (χ3v) is 4.96. The van der Waals surface area contributed by atoms with E-state index in [-0.39, 0.29) is 12.5 Å². The summed E-state index contributed by atoms with van der Waals surface area (Å²) in [6.07, 6.45) is 9.92. The molecule has 2 aromatic carbocycles. The molecule has 2 N–H and O–H groups in total. The summed E-state index contributed by atoms with van der Waals surface area (Å²) < 4.78 is 5.32. The molecule has 7 nitrogen and oxygen atoms in total. The largest absolute Gasteiger partial charge is 0.423 e. The molecule has 0 unspecified atom stereocenters. The summed E-state index contributed by atoms with van der Waals surface area (Å²) in [6, 6.07) is 15.5. The number of carbonyl (C=O) groups is 3. The highest BCUT2D eigenvalue weighted by molar-refractivity contribution is 5.91. The van der Waals surface area contributed by atoms with Crippen LogP contribution in [0.2, 0.25) is 0 Å². The van der Waals surface area contributed by atoms with Crippen LogP contribution in [-0.4, -0.2) is 30.5 Å². The first-order valence-corrected chi connectivity index (χ1v) is 11.5. The smallest absolute Gasteiger partial charge is 0.343 e. The van der Waals surface area contributed by atoms with E-state index in [1.165, 1.54) is 31.9 Å². The topological polar surface area (TPSA) is 96.9 Å². The molecular formula is C26H33N3O4. The van der Waals surface area contributed by atoms with E-state index in [4.69, 9.17) is 4.74 Å². The highest BCUT2D eigenvalue weighted by Gasteiger charge is 2.07. The predicted octanol–water partition coefficient (Wildman–Crippen LogP) is 4.61. The Bertz CT molecular complexity index is 896. The lowest BCUT2D eigenvalue weighted by Gasteiger charge is -2.05. The summed E-state index contributed by atoms with van der Waals surface area (Å²) in [7, 11) is 0. The van der Waals surface area contributed by atoms with Gasteiger partial charge in [0, 0.05) is 6.42 Å². The summed E-state index contributed by atoms with van der Waals surface area (Å²) in [5, 5.41) is 6.49. The number of rotatable bonds is 14. The molecule has 0 radical (unpaired) electrons. The van der Waals surface area contributed by atoms with E-state index < -0.39 is 11.9 Å². The van der Waals surface area contributed by atoms with Crippen molar-refractivity contribution in [2.45, 2.75) is 58.3 Å². The van der Waals surface area contributed by atoms with Crippen LogP contribution in [0.5, 0.6) is 5.75 Å². The van der Waals surface area contributed by atoms with Crippen LogP contribution in [0, 0.1) is 0 Å². The number of nitrogens with zero attached hydrogens (tertiary/aromatic N) is 1. The molecule has 2 amide bonds. The summed E-state index contributed by atoms with van der Waals surface area (Å²) in [4.78, 5) is 35.7. The first kappa shape index (κ1) is 25.8. The fourth-order valence-electron chi connectivity index (χ4n) is 3.09. The Morgan fingerprint density at radius 2 is 1.52 bits per heavy atom. The molecular weight excluding hydrogens is 418 g/mol. The van der Waals surface area contributed by atoms with Gasteiger partial charge in [-0.1, -0.05) is 63.6 Å². The number of unbranched alkanes of at least 4 members (excludes halogenated alkanes) is 6. The van der Waals surface area contributed by atoms with Crippen molar-refractivity contribution in [3.63, 3.8) is 0 Å². The van der Waals surface area contributed by atoms with Crippen LogP contribution in [0.15, 0.2) is 59.7 Å². The second-order valence-corrected chi connectivity index (χ2v) is 7.77. The van der Waals surface area contributed by atoms with Crippen molar-refractivity contribution in [2.75, 3.05) is 6.54 Å². The molecule has 2 aromatic rings. The van der Waals surface area contributed by atoms with Crippen LogP contribution >= 0.6 is 0 Å². The zero-order chi connectivity index (χ0) is 23.7. The second kappa shape index (κ2) is 15.3. The maximum Gasteiger partial charge on any atom is 0.343 e. The van der Waals surface area contributed by atoms with Gasteiger partial charge in [-0.2, -0.15) is 5.10 Å². The highest BCUT2D eigenvalue weighted by atomic mass is 16.5. The summed E-state index contributed by atoms with van der Waals surface area (Å²) in [5.41, 5.74) is 3.57. The maximum absolute atomic E-state index is 12.1. The number of carbonyl (C=O) groups excluding carboxylic acids is 3. The van der Waals surface area contributed by atoms with E-state index in [0.29, 0.717) is 17.7 Å². The van der Waals surface area contributed by atoms with Gasteiger partial charge in [-0.3, -0.25) is 9.59 Å². The molecule has 2 rings (SSSR count). The number of esters is 1. The summed E-state index contributed by atoms with van der Waals surface area (Å²) >= 11 is 0. The Balaban J connectivity index is 1.61. The average molecular weight is 452 g/mol. The van der Waals surface area contributed by atoms with Gasteiger partial charge in [-0.25, -0.2) is 10.2 Å². The Kier molecular flexibility index (Phi) is 12.0. The van der Waals surface area contributed by atoms with Gasteiger partial charge < -0.3 is 10.1 Å². The van der Waals surface area contributed by atoms with E-state index in [1.807, 2.05) is 6.07 Å². The predicted molar refractivity (Wildman–Crippen MR) is 129 cm³/mol. The first-order chi connectivity index (χ1) is 16.1. The molecule has 0 saturated heterocycles. The molecule has 0 spiro atoms. The van der Waals surface area contributed by atoms with Crippen molar-refractivity contribution in [3.05, 3.63) is 65.7 Å². The lowest BCUT2D eigenvalue weighted by Crippen LogP contribution is -2.34. The Labute approximate surface area is 195 Å². The quantitative estimate of drug-likeness (QED) is 0.144. The molecule has 0 bridgehead atoms. The van der Waals surface area contributed by atoms with E-state index in [1.54, 1.807) is 48.5 Å². The molecule has 0 aliphatic heterocycles. The van der Waals surface area contributed by atoms with E-state index in [9.17, 15) is 14.4 Å². The molecule has 0 aromatic heterocycles. The molecule has 0 fully saturated rings. The number of ether oxygens (including phenoxy) is 1. The molecule has 0 aliphatic rings. The normalized spacial score (nSPS) is 10.7. The van der Waals surface area contributed by atoms with Gasteiger partial charge in [0.15, 0.2) is 0 Å². The Morgan fingerprint density at radius 3 is 2.21 bits per heavy atom. The van der Waals surface area contributed by atoms with Crippen molar-refractivity contribution in [1.82, 2.24) is 10.7 Å². The Hall–Kier alpha value is -3.48. The number of hydrogen-bond donors (Lipinski definition) is 2. The highest BCUT2D eigenvalue weighted by Crippen LogP contribution is 2.13. The van der Waals surface area contributed by atoms with Crippen LogP contribution < -0.4 is 15.5 Å². The monoisotopic (exact) mass is 451 g/mol. The van der Waals surface area contributed by atoms with Gasteiger partial charge in [0.25, 0.3) is 5.91 Å². The minimum atomic E-state index is -0.432. The maximum atomic E-state index is 12.1. The van der Waals surface area contributed by atoms with Crippen molar-refractivity contribution >= 4 is 24.0 Å². The van der Waals surface area contributed by atoms with Crippen LogP contribution in [0.25, 0.3) is 0 Å². The van der Waals surface area contributed by atoms with Crippen LogP contribution in [0.1, 0.15) is 74.2 Å². The molecule has 0 atom stereocenters. The lowest BCUT2D eigenvalue weighted by molar-refractivity contribution is -0.126. The van der Waals surface area contributed by atoms with Gasteiger partial charge in [0.2, 0.25) is 5.91 Å². The fourth-order valence-corrected chi connectivity index (χ4v) is 3.09.